The van der Waals surface area contributed by atoms with Crippen LogP contribution >= 0.6 is 11.8 Å². The molecule has 19 heavy (non-hydrogen) atoms. The number of nitrogen functional groups attached to an aromatic ring is 1. The van der Waals surface area contributed by atoms with Crippen LogP contribution < -0.4 is 11.3 Å². The fourth-order valence-corrected chi connectivity index (χ4v) is 2.24. The Kier molecular flexibility index (Phi) is 3.77. The molecule has 0 aliphatic heterocycles. The van der Waals surface area contributed by atoms with Crippen LogP contribution in [0.1, 0.15) is 26.6 Å². The van der Waals surface area contributed by atoms with E-state index in [9.17, 15) is 0 Å². The molecule has 102 valence electrons. The molecule has 2 rings (SSSR count). The lowest BCUT2D eigenvalue weighted by Gasteiger charge is -2.18. The maximum absolute atomic E-state index is 5.46. The van der Waals surface area contributed by atoms with E-state index in [0.29, 0.717) is 5.82 Å². The predicted molar refractivity (Wildman–Crippen MR) is 75.9 cm³/mol. The zero-order chi connectivity index (χ0) is 14.0. The molecule has 0 radical (unpaired) electrons. The van der Waals surface area contributed by atoms with Crippen LogP contribution in [0.25, 0.3) is 0 Å². The summed E-state index contributed by atoms with van der Waals surface area (Å²) in [5.74, 6) is 6.82. The smallest absolute Gasteiger partial charge is 0.174 e. The Morgan fingerprint density at radius 2 is 2.05 bits per heavy atom. The van der Waals surface area contributed by atoms with Crippen molar-refractivity contribution >= 4 is 17.6 Å². The van der Waals surface area contributed by atoms with Gasteiger partial charge in [0.25, 0.3) is 0 Å². The van der Waals surface area contributed by atoms with Gasteiger partial charge in [-0.3, -0.25) is 0 Å². The fraction of sp³-hybridized carbons (Fsp3) is 0.417. The van der Waals surface area contributed by atoms with Crippen molar-refractivity contribution in [3.63, 3.8) is 0 Å². The first-order chi connectivity index (χ1) is 8.90. The van der Waals surface area contributed by atoms with Crippen LogP contribution in [0.3, 0.4) is 0 Å². The average molecular weight is 278 g/mol. The first kappa shape index (κ1) is 13.8. The molecule has 0 spiro atoms. The van der Waals surface area contributed by atoms with Crippen molar-refractivity contribution in [3.8, 4) is 0 Å². The second-order valence-corrected chi connectivity index (χ2v) is 6.22. The van der Waals surface area contributed by atoms with Crippen LogP contribution in [-0.2, 0) is 12.5 Å². The monoisotopic (exact) mass is 278 g/mol. The Bertz CT molecular complexity index is 572. The summed E-state index contributed by atoms with van der Waals surface area (Å²) in [4.78, 5) is 13.2. The topological polar surface area (TPSA) is 81.7 Å². The third kappa shape index (κ3) is 3.24. The van der Waals surface area contributed by atoms with Crippen LogP contribution in [0.2, 0.25) is 0 Å². The summed E-state index contributed by atoms with van der Waals surface area (Å²) in [6.07, 6.45) is 3.66. The number of hydrogen-bond acceptors (Lipinski definition) is 6. The molecule has 0 fully saturated rings. The average Bonchev–Trinajstić information content (AvgIpc) is 2.73. The molecule has 0 aromatic carbocycles. The molecular formula is C12H18N6S. The van der Waals surface area contributed by atoms with Crippen molar-refractivity contribution in [2.24, 2.45) is 12.9 Å². The molecule has 0 saturated heterocycles. The zero-order valence-corrected chi connectivity index (χ0v) is 12.3. The third-order valence-corrected chi connectivity index (χ3v) is 3.49. The van der Waals surface area contributed by atoms with Crippen molar-refractivity contribution in [2.75, 3.05) is 5.43 Å². The lowest BCUT2D eigenvalue weighted by Crippen LogP contribution is -2.19. The third-order valence-electron chi connectivity index (χ3n) is 2.49. The van der Waals surface area contributed by atoms with Gasteiger partial charge in [0, 0.05) is 30.9 Å². The van der Waals surface area contributed by atoms with Crippen molar-refractivity contribution in [3.05, 3.63) is 24.3 Å². The van der Waals surface area contributed by atoms with Crippen molar-refractivity contribution < 1.29 is 0 Å². The summed E-state index contributed by atoms with van der Waals surface area (Å²) in [5.41, 5.74) is 2.45. The van der Waals surface area contributed by atoms with Gasteiger partial charge in [-0.2, -0.15) is 0 Å². The molecular weight excluding hydrogens is 260 g/mol. The summed E-state index contributed by atoms with van der Waals surface area (Å²) in [7, 11) is 1.95. The van der Waals surface area contributed by atoms with Gasteiger partial charge in [0.2, 0.25) is 0 Å². The molecule has 0 saturated carbocycles. The molecule has 2 aromatic heterocycles. The maximum Gasteiger partial charge on any atom is 0.174 e. The summed E-state index contributed by atoms with van der Waals surface area (Å²) in [6, 6.07) is 1.81. The van der Waals surface area contributed by atoms with Crippen LogP contribution in [0.5, 0.6) is 0 Å². The van der Waals surface area contributed by atoms with Crippen molar-refractivity contribution in [2.45, 2.75) is 36.4 Å². The lowest BCUT2D eigenvalue weighted by atomic mass is 9.96. The fourth-order valence-electron chi connectivity index (χ4n) is 1.43. The zero-order valence-electron chi connectivity index (χ0n) is 11.5. The Hall–Kier alpha value is -1.60. The van der Waals surface area contributed by atoms with Crippen molar-refractivity contribution in [1.29, 1.82) is 0 Å². The van der Waals surface area contributed by atoms with E-state index in [1.54, 1.807) is 6.20 Å². The van der Waals surface area contributed by atoms with E-state index >= 15 is 0 Å². The Morgan fingerprint density at radius 1 is 1.32 bits per heavy atom. The van der Waals surface area contributed by atoms with Gasteiger partial charge >= 0.3 is 0 Å². The molecule has 6 nitrogen and oxygen atoms in total. The number of imidazole rings is 1. The normalized spacial score (nSPS) is 11.6. The SMILES string of the molecule is Cn1ccnc1Sc1cc(NN)nc(C(C)(C)C)n1. The van der Waals surface area contributed by atoms with Gasteiger partial charge in [0.05, 0.1) is 0 Å². The van der Waals surface area contributed by atoms with Gasteiger partial charge in [-0.25, -0.2) is 20.8 Å². The van der Waals surface area contributed by atoms with E-state index in [1.165, 1.54) is 11.8 Å². The number of aromatic nitrogens is 4. The Labute approximate surface area is 116 Å². The van der Waals surface area contributed by atoms with Crippen LogP contribution in [0.4, 0.5) is 5.82 Å². The number of nitrogens with one attached hydrogen (secondary N) is 1. The highest BCUT2D eigenvalue weighted by Crippen LogP contribution is 2.28. The minimum atomic E-state index is -0.135. The largest absolute Gasteiger partial charge is 0.329 e. The molecule has 0 aliphatic carbocycles. The van der Waals surface area contributed by atoms with Crippen LogP contribution in [-0.4, -0.2) is 19.5 Å². The molecule has 2 heterocycles. The molecule has 2 aromatic rings. The number of nitrogens with zero attached hydrogens (tertiary/aromatic N) is 4. The second kappa shape index (κ2) is 5.18. The molecule has 0 bridgehead atoms. The number of hydrogen-bond donors (Lipinski definition) is 2. The van der Waals surface area contributed by atoms with E-state index in [0.717, 1.165) is 16.0 Å². The maximum atomic E-state index is 5.46. The minimum absolute atomic E-state index is 0.135. The summed E-state index contributed by atoms with van der Waals surface area (Å²) in [5, 5.41) is 1.70. The van der Waals surface area contributed by atoms with E-state index < -0.39 is 0 Å². The van der Waals surface area contributed by atoms with E-state index in [2.05, 4.69) is 41.1 Å². The Balaban J connectivity index is 2.37. The van der Waals surface area contributed by atoms with Gasteiger partial charge < -0.3 is 9.99 Å². The summed E-state index contributed by atoms with van der Waals surface area (Å²) >= 11 is 1.49. The van der Waals surface area contributed by atoms with Gasteiger partial charge in [-0.1, -0.05) is 20.8 Å². The van der Waals surface area contributed by atoms with Crippen molar-refractivity contribution in [1.82, 2.24) is 19.5 Å². The molecule has 3 N–H and O–H groups in total. The standard InChI is InChI=1S/C12H18N6S/c1-12(2,3)10-15-8(17-13)7-9(16-10)19-11-14-5-6-18(11)4/h5-7H,13H2,1-4H3,(H,15,16,17). The Morgan fingerprint density at radius 3 is 2.58 bits per heavy atom. The second-order valence-electron chi connectivity index (χ2n) is 5.23. The minimum Gasteiger partial charge on any atom is -0.329 e. The first-order valence-corrected chi connectivity index (χ1v) is 6.73. The molecule has 0 unspecified atom stereocenters. The predicted octanol–water partition coefficient (Wildman–Crippen LogP) is 1.94. The van der Waals surface area contributed by atoms with E-state index in [-0.39, 0.29) is 5.41 Å². The number of hydrazine groups is 1. The molecule has 0 aliphatic rings. The number of rotatable bonds is 3. The molecule has 0 atom stereocenters. The van der Waals surface area contributed by atoms with E-state index in [1.807, 2.05) is 23.9 Å². The van der Waals surface area contributed by atoms with Gasteiger partial charge in [-0.05, 0) is 11.8 Å². The quantitative estimate of drug-likeness (QED) is 0.507. The summed E-state index contributed by atoms with van der Waals surface area (Å²) in [6.45, 7) is 6.20. The number of aryl methyl sites for hydroxylation is 1. The number of nitrogens with two attached hydrogens (primary N) is 1. The first-order valence-electron chi connectivity index (χ1n) is 5.91. The van der Waals surface area contributed by atoms with Crippen LogP contribution in [0.15, 0.2) is 28.6 Å². The highest BCUT2D eigenvalue weighted by atomic mass is 32.2. The van der Waals surface area contributed by atoms with Gasteiger partial charge in [-0.15, -0.1) is 0 Å². The van der Waals surface area contributed by atoms with E-state index in [4.69, 9.17) is 5.84 Å². The van der Waals surface area contributed by atoms with Gasteiger partial charge in [0.1, 0.15) is 16.7 Å². The van der Waals surface area contributed by atoms with Gasteiger partial charge in [0.15, 0.2) is 5.16 Å². The van der Waals surface area contributed by atoms with Crippen LogP contribution in [0, 0.1) is 0 Å². The highest BCUT2D eigenvalue weighted by Gasteiger charge is 2.19. The summed E-state index contributed by atoms with van der Waals surface area (Å²) < 4.78 is 1.94. The highest BCUT2D eigenvalue weighted by molar-refractivity contribution is 7.99. The molecule has 0 amide bonds. The number of anilines is 1. The lowest BCUT2D eigenvalue weighted by molar-refractivity contribution is 0.539. The molecule has 7 heteroatoms.